The van der Waals surface area contributed by atoms with Crippen LogP contribution < -0.4 is 11.5 Å². The summed E-state index contributed by atoms with van der Waals surface area (Å²) in [5, 5.41) is 7.87. The van der Waals surface area contributed by atoms with Crippen molar-refractivity contribution in [2.24, 2.45) is 11.5 Å². The van der Waals surface area contributed by atoms with Crippen molar-refractivity contribution in [3.8, 4) is 0 Å². The SMILES string of the molecule is Br.CC(C)N.C[C@H](N)C(=O)O. The van der Waals surface area contributed by atoms with Crippen LogP contribution in [0, 0.1) is 0 Å². The van der Waals surface area contributed by atoms with Crippen molar-refractivity contribution >= 4 is 23.0 Å². The minimum atomic E-state index is -0.963. The highest BCUT2D eigenvalue weighted by Crippen LogP contribution is 1.68. The molecule has 0 unspecified atom stereocenters. The first-order valence-corrected chi connectivity index (χ1v) is 3.12. The van der Waals surface area contributed by atoms with E-state index in [0.717, 1.165) is 0 Å². The van der Waals surface area contributed by atoms with Gasteiger partial charge in [0.1, 0.15) is 6.04 Å². The Morgan fingerprint density at radius 3 is 1.36 bits per heavy atom. The van der Waals surface area contributed by atoms with Crippen LogP contribution in [0.15, 0.2) is 0 Å². The van der Waals surface area contributed by atoms with E-state index in [4.69, 9.17) is 16.6 Å². The van der Waals surface area contributed by atoms with Gasteiger partial charge in [-0.05, 0) is 13.0 Å². The topological polar surface area (TPSA) is 89.3 Å². The number of nitrogens with two attached hydrogens (primary N) is 2. The van der Waals surface area contributed by atoms with E-state index in [1.54, 1.807) is 0 Å². The van der Waals surface area contributed by atoms with Crippen LogP contribution in [0.25, 0.3) is 0 Å². The van der Waals surface area contributed by atoms with Crippen LogP contribution in [-0.2, 0) is 4.79 Å². The minimum Gasteiger partial charge on any atom is -0.480 e. The van der Waals surface area contributed by atoms with Gasteiger partial charge in [0.25, 0.3) is 0 Å². The second kappa shape index (κ2) is 9.87. The van der Waals surface area contributed by atoms with Gasteiger partial charge in [-0.3, -0.25) is 4.79 Å². The predicted octanol–water partition coefficient (Wildman–Crippen LogP) is 0.350. The summed E-state index contributed by atoms with van der Waals surface area (Å²) in [7, 11) is 0. The zero-order chi connectivity index (χ0) is 8.73. The molecule has 11 heavy (non-hydrogen) atoms. The number of rotatable bonds is 1. The lowest BCUT2D eigenvalue weighted by Gasteiger charge is -1.90. The van der Waals surface area contributed by atoms with Crippen molar-refractivity contribution in [3.05, 3.63) is 0 Å². The lowest BCUT2D eigenvalue weighted by molar-refractivity contribution is -0.138. The number of carbonyl (C=O) groups is 1. The number of carboxylic acids is 1. The Balaban J connectivity index is -0.000000114. The molecular weight excluding hydrogens is 212 g/mol. The van der Waals surface area contributed by atoms with Gasteiger partial charge in [0.2, 0.25) is 0 Å². The van der Waals surface area contributed by atoms with Crippen molar-refractivity contribution < 1.29 is 9.90 Å². The molecule has 0 radical (unpaired) electrons. The molecule has 0 heterocycles. The lowest BCUT2D eigenvalue weighted by atomic mass is 10.4. The summed E-state index contributed by atoms with van der Waals surface area (Å²) in [5.74, 6) is -0.963. The molecule has 4 nitrogen and oxygen atoms in total. The minimum absolute atomic E-state index is 0. The fourth-order valence-corrected chi connectivity index (χ4v) is 0. The summed E-state index contributed by atoms with van der Waals surface area (Å²) in [5.41, 5.74) is 9.95. The van der Waals surface area contributed by atoms with Gasteiger partial charge in [0, 0.05) is 0 Å². The van der Waals surface area contributed by atoms with E-state index in [2.05, 4.69) is 0 Å². The molecule has 5 heteroatoms. The first-order chi connectivity index (χ1) is 4.37. The van der Waals surface area contributed by atoms with Gasteiger partial charge in [-0.1, -0.05) is 13.8 Å². The fourth-order valence-electron chi connectivity index (χ4n) is 0. The van der Waals surface area contributed by atoms with Crippen molar-refractivity contribution in [3.63, 3.8) is 0 Å². The Morgan fingerprint density at radius 1 is 1.27 bits per heavy atom. The van der Waals surface area contributed by atoms with Crippen molar-refractivity contribution in [2.75, 3.05) is 0 Å². The summed E-state index contributed by atoms with van der Waals surface area (Å²) in [4.78, 5) is 9.57. The number of hydrogen-bond acceptors (Lipinski definition) is 3. The molecule has 0 aliphatic rings. The zero-order valence-electron chi connectivity index (χ0n) is 7.07. The van der Waals surface area contributed by atoms with Gasteiger partial charge < -0.3 is 16.6 Å². The van der Waals surface area contributed by atoms with E-state index in [1.165, 1.54) is 6.92 Å². The molecule has 0 aromatic heterocycles. The molecular formula is C6H17BrN2O2. The zero-order valence-corrected chi connectivity index (χ0v) is 8.79. The quantitative estimate of drug-likeness (QED) is 0.605. The highest BCUT2D eigenvalue weighted by Gasteiger charge is 1.99. The van der Waals surface area contributed by atoms with E-state index in [0.29, 0.717) is 6.04 Å². The number of carboxylic acid groups (broad SMARTS) is 1. The number of hydrogen-bond donors (Lipinski definition) is 3. The number of aliphatic carboxylic acids is 1. The van der Waals surface area contributed by atoms with Gasteiger partial charge in [-0.25, -0.2) is 0 Å². The van der Waals surface area contributed by atoms with E-state index >= 15 is 0 Å². The average Bonchev–Trinajstić information content (AvgIpc) is 1.63. The van der Waals surface area contributed by atoms with Crippen LogP contribution >= 0.6 is 17.0 Å². The van der Waals surface area contributed by atoms with Gasteiger partial charge in [0.15, 0.2) is 0 Å². The van der Waals surface area contributed by atoms with Crippen molar-refractivity contribution in [2.45, 2.75) is 32.9 Å². The molecule has 0 saturated heterocycles. The van der Waals surface area contributed by atoms with Crippen LogP contribution in [-0.4, -0.2) is 23.2 Å². The Morgan fingerprint density at radius 2 is 1.36 bits per heavy atom. The molecule has 0 saturated carbocycles. The molecule has 0 rings (SSSR count). The van der Waals surface area contributed by atoms with E-state index < -0.39 is 12.0 Å². The maximum Gasteiger partial charge on any atom is 0.320 e. The molecule has 0 aliphatic heterocycles. The molecule has 1 atom stereocenters. The summed E-state index contributed by atoms with van der Waals surface area (Å²) in [6, 6.07) is -0.398. The van der Waals surface area contributed by atoms with Crippen LogP contribution in [0.3, 0.4) is 0 Å². The summed E-state index contributed by atoms with van der Waals surface area (Å²) in [6.45, 7) is 5.31. The third kappa shape index (κ3) is 40.8. The summed E-state index contributed by atoms with van der Waals surface area (Å²) < 4.78 is 0. The summed E-state index contributed by atoms with van der Waals surface area (Å²) in [6.07, 6.45) is 0. The fraction of sp³-hybridized carbons (Fsp3) is 0.833. The molecule has 0 fully saturated rings. The Hall–Kier alpha value is -0.130. The van der Waals surface area contributed by atoms with Gasteiger partial charge in [-0.2, -0.15) is 0 Å². The smallest absolute Gasteiger partial charge is 0.320 e. The third-order valence-electron chi connectivity index (χ3n) is 0.390. The first kappa shape index (κ1) is 17.1. The largest absolute Gasteiger partial charge is 0.480 e. The molecule has 0 bridgehead atoms. The predicted molar refractivity (Wildman–Crippen MR) is 50.9 cm³/mol. The summed E-state index contributed by atoms with van der Waals surface area (Å²) >= 11 is 0. The third-order valence-corrected chi connectivity index (χ3v) is 0.390. The molecule has 0 aromatic rings. The Bertz CT molecular complexity index is 93.8. The van der Waals surface area contributed by atoms with Crippen molar-refractivity contribution in [1.82, 2.24) is 0 Å². The van der Waals surface area contributed by atoms with Gasteiger partial charge in [-0.15, -0.1) is 17.0 Å². The van der Waals surface area contributed by atoms with Crippen LogP contribution in [0.1, 0.15) is 20.8 Å². The normalized spacial score (nSPS) is 10.7. The second-order valence-electron chi connectivity index (χ2n) is 2.37. The maximum atomic E-state index is 9.57. The molecule has 0 spiro atoms. The van der Waals surface area contributed by atoms with E-state index in [9.17, 15) is 4.79 Å². The highest BCUT2D eigenvalue weighted by molar-refractivity contribution is 8.93. The van der Waals surface area contributed by atoms with E-state index in [1.807, 2.05) is 13.8 Å². The van der Waals surface area contributed by atoms with Crippen LogP contribution in [0.5, 0.6) is 0 Å². The van der Waals surface area contributed by atoms with Gasteiger partial charge in [0.05, 0.1) is 0 Å². The standard InChI is InChI=1S/C3H7NO2.C3H9N.BrH/c1-2(4)3(5)6;1-3(2)4;/h2H,4H2,1H3,(H,5,6);3H,4H2,1-2H3;1H/t2-;;/m0../s1. The molecule has 70 valence electrons. The molecule has 0 amide bonds. The van der Waals surface area contributed by atoms with E-state index in [-0.39, 0.29) is 17.0 Å². The molecule has 0 aromatic carbocycles. The molecule has 5 N–H and O–H groups in total. The highest BCUT2D eigenvalue weighted by atomic mass is 79.9. The average molecular weight is 229 g/mol. The van der Waals surface area contributed by atoms with Gasteiger partial charge >= 0.3 is 5.97 Å². The van der Waals surface area contributed by atoms with Crippen LogP contribution in [0.2, 0.25) is 0 Å². The Labute approximate surface area is 77.7 Å². The van der Waals surface area contributed by atoms with Crippen molar-refractivity contribution in [1.29, 1.82) is 0 Å². The second-order valence-corrected chi connectivity index (χ2v) is 2.37. The monoisotopic (exact) mass is 228 g/mol. The lowest BCUT2D eigenvalue weighted by Crippen LogP contribution is -2.25. The molecule has 0 aliphatic carbocycles. The van der Waals surface area contributed by atoms with Crippen LogP contribution in [0.4, 0.5) is 0 Å². The maximum absolute atomic E-state index is 9.57. The number of halogens is 1. The first-order valence-electron chi connectivity index (χ1n) is 3.12. The Kier molecular flexibility index (Phi) is 15.3.